The van der Waals surface area contributed by atoms with Gasteiger partial charge in [-0.25, -0.2) is 4.99 Å². The number of nitrogens with zero attached hydrogens (tertiary/aromatic N) is 1. The first-order chi connectivity index (χ1) is 11.6. The summed E-state index contributed by atoms with van der Waals surface area (Å²) in [7, 11) is 1.90. The van der Waals surface area contributed by atoms with Crippen LogP contribution >= 0.6 is 0 Å². The Balaban J connectivity index is 1.82. The molecule has 0 fully saturated rings. The van der Waals surface area contributed by atoms with Crippen LogP contribution in [-0.4, -0.2) is 18.7 Å². The molecule has 1 atom stereocenters. The molecular formula is C19H23N5. The molecule has 0 aromatic heterocycles. The van der Waals surface area contributed by atoms with E-state index in [2.05, 4.69) is 40.3 Å². The van der Waals surface area contributed by atoms with Crippen LogP contribution in [0.15, 0.2) is 71.5 Å². The molecule has 2 aromatic carbocycles. The first-order valence-electron chi connectivity index (χ1n) is 8.01. The fourth-order valence-corrected chi connectivity index (χ4v) is 2.51. The number of anilines is 2. The molecule has 1 heterocycles. The smallest absolute Gasteiger partial charge is 0.203 e. The lowest BCUT2D eigenvalue weighted by Crippen LogP contribution is -2.47. The van der Waals surface area contributed by atoms with Gasteiger partial charge in [0.25, 0.3) is 0 Å². The Morgan fingerprint density at radius 1 is 0.958 bits per heavy atom. The zero-order valence-electron chi connectivity index (χ0n) is 14.2. The van der Waals surface area contributed by atoms with Crippen LogP contribution in [0.4, 0.5) is 11.4 Å². The monoisotopic (exact) mass is 321 g/mol. The molecule has 5 heteroatoms. The van der Waals surface area contributed by atoms with Crippen molar-refractivity contribution in [3.8, 4) is 0 Å². The Morgan fingerprint density at radius 3 is 2.38 bits per heavy atom. The first-order valence-corrected chi connectivity index (χ1v) is 8.01. The number of hydrogen-bond acceptors (Lipinski definition) is 5. The van der Waals surface area contributed by atoms with Crippen LogP contribution in [0.2, 0.25) is 0 Å². The predicted octanol–water partition coefficient (Wildman–Crippen LogP) is 3.26. The summed E-state index contributed by atoms with van der Waals surface area (Å²) in [6, 6.07) is 18.2. The fraction of sp³-hybridized carbons (Fsp3) is 0.211. The standard InChI is InChI=1S/C19H23N5/c1-14-9-7-8-12-16(14)22-17-13-19(2,20-3)24-18(23-17)21-15-10-5-4-6-11-15/h4-13,20,22H,1-3H3,(H2,21,23,24). The molecule has 24 heavy (non-hydrogen) atoms. The minimum absolute atomic E-state index is 0.493. The minimum Gasteiger partial charge on any atom is -0.342 e. The maximum absolute atomic E-state index is 4.71. The number of aliphatic imine (C=N–C) groups is 1. The molecule has 0 bridgehead atoms. The van der Waals surface area contributed by atoms with Crippen molar-refractivity contribution in [3.63, 3.8) is 0 Å². The van der Waals surface area contributed by atoms with Gasteiger partial charge in [-0.2, -0.15) is 0 Å². The second kappa shape index (κ2) is 6.76. The molecular weight excluding hydrogens is 298 g/mol. The van der Waals surface area contributed by atoms with Gasteiger partial charge in [-0.1, -0.05) is 36.4 Å². The third-order valence-electron chi connectivity index (χ3n) is 3.98. The number of nitrogens with one attached hydrogen (secondary N) is 4. The summed E-state index contributed by atoms with van der Waals surface area (Å²) in [6.07, 6.45) is 2.04. The van der Waals surface area contributed by atoms with Crippen molar-refractivity contribution in [2.45, 2.75) is 19.5 Å². The highest BCUT2D eigenvalue weighted by Crippen LogP contribution is 2.20. The van der Waals surface area contributed by atoms with E-state index in [1.54, 1.807) is 0 Å². The quantitative estimate of drug-likeness (QED) is 0.698. The maximum atomic E-state index is 4.71. The van der Waals surface area contributed by atoms with E-state index in [1.165, 1.54) is 5.56 Å². The zero-order chi connectivity index (χ0) is 17.0. The summed E-state index contributed by atoms with van der Waals surface area (Å²) >= 11 is 0. The number of para-hydroxylation sites is 2. The summed E-state index contributed by atoms with van der Waals surface area (Å²) < 4.78 is 0. The Bertz CT molecular complexity index is 766. The Labute approximate surface area is 142 Å². The number of guanidine groups is 1. The van der Waals surface area contributed by atoms with Crippen LogP contribution in [0.25, 0.3) is 0 Å². The van der Waals surface area contributed by atoms with Crippen molar-refractivity contribution in [2.24, 2.45) is 4.99 Å². The summed E-state index contributed by atoms with van der Waals surface area (Å²) in [6.45, 7) is 4.11. The fourth-order valence-electron chi connectivity index (χ4n) is 2.51. The van der Waals surface area contributed by atoms with Gasteiger partial charge in [0.2, 0.25) is 5.96 Å². The number of likely N-dealkylation sites (N-methyl/N-ethyl adjacent to an activating group) is 1. The first kappa shape index (κ1) is 16.1. The molecule has 0 aliphatic carbocycles. The average molecular weight is 321 g/mol. The highest BCUT2D eigenvalue weighted by Gasteiger charge is 2.25. The summed E-state index contributed by atoms with van der Waals surface area (Å²) in [5.41, 5.74) is 2.74. The highest BCUT2D eigenvalue weighted by molar-refractivity contribution is 5.96. The Hall–Kier alpha value is -2.79. The number of rotatable bonds is 4. The van der Waals surface area contributed by atoms with Crippen molar-refractivity contribution in [3.05, 3.63) is 72.1 Å². The van der Waals surface area contributed by atoms with Crippen LogP contribution in [0.5, 0.6) is 0 Å². The van der Waals surface area contributed by atoms with Crippen molar-refractivity contribution in [1.82, 2.24) is 10.6 Å². The van der Waals surface area contributed by atoms with Crippen LogP contribution in [0, 0.1) is 6.92 Å². The number of benzene rings is 2. The second-order valence-electron chi connectivity index (χ2n) is 5.97. The molecule has 0 radical (unpaired) electrons. The maximum Gasteiger partial charge on any atom is 0.203 e. The topological polar surface area (TPSA) is 60.5 Å². The van der Waals surface area contributed by atoms with E-state index in [0.29, 0.717) is 5.96 Å². The van der Waals surface area contributed by atoms with E-state index in [-0.39, 0.29) is 0 Å². The number of hydrogen-bond donors (Lipinski definition) is 4. The van der Waals surface area contributed by atoms with Gasteiger partial charge in [0.1, 0.15) is 11.5 Å². The SMILES string of the molecule is CNC1(C)C=C(Nc2ccccc2C)NC(Nc2ccccc2)=N1. The molecule has 0 spiro atoms. The average Bonchev–Trinajstić information content (AvgIpc) is 2.57. The molecule has 3 rings (SSSR count). The van der Waals surface area contributed by atoms with Gasteiger partial charge in [-0.3, -0.25) is 5.32 Å². The summed E-state index contributed by atoms with van der Waals surface area (Å²) in [5.74, 6) is 1.58. The lowest BCUT2D eigenvalue weighted by atomic mass is 10.1. The molecule has 2 aromatic rings. The van der Waals surface area contributed by atoms with Crippen molar-refractivity contribution < 1.29 is 0 Å². The predicted molar refractivity (Wildman–Crippen MR) is 101 cm³/mol. The molecule has 4 N–H and O–H groups in total. The molecule has 1 aliphatic rings. The van der Waals surface area contributed by atoms with E-state index in [1.807, 2.05) is 62.5 Å². The molecule has 5 nitrogen and oxygen atoms in total. The number of aryl methyl sites for hydroxylation is 1. The van der Waals surface area contributed by atoms with Gasteiger partial charge in [-0.15, -0.1) is 0 Å². The molecule has 0 amide bonds. The van der Waals surface area contributed by atoms with Crippen LogP contribution < -0.4 is 21.3 Å². The molecule has 1 unspecified atom stereocenters. The van der Waals surface area contributed by atoms with Gasteiger partial charge in [0, 0.05) is 11.4 Å². The van der Waals surface area contributed by atoms with E-state index < -0.39 is 5.66 Å². The van der Waals surface area contributed by atoms with E-state index in [9.17, 15) is 0 Å². The van der Waals surface area contributed by atoms with Crippen LogP contribution in [0.3, 0.4) is 0 Å². The van der Waals surface area contributed by atoms with Gasteiger partial charge >= 0.3 is 0 Å². The van der Waals surface area contributed by atoms with Gasteiger partial charge < -0.3 is 16.0 Å². The van der Waals surface area contributed by atoms with Crippen molar-refractivity contribution in [2.75, 3.05) is 17.7 Å². The molecule has 0 saturated carbocycles. The minimum atomic E-state index is -0.493. The zero-order valence-corrected chi connectivity index (χ0v) is 14.2. The summed E-state index contributed by atoms with van der Waals surface area (Å²) in [4.78, 5) is 4.71. The Kier molecular flexibility index (Phi) is 4.53. The normalized spacial score (nSPS) is 19.8. The molecule has 1 aliphatic heterocycles. The van der Waals surface area contributed by atoms with Crippen molar-refractivity contribution >= 4 is 17.3 Å². The van der Waals surface area contributed by atoms with Gasteiger partial charge in [0.05, 0.1) is 0 Å². The van der Waals surface area contributed by atoms with E-state index in [4.69, 9.17) is 4.99 Å². The second-order valence-corrected chi connectivity index (χ2v) is 5.97. The third-order valence-corrected chi connectivity index (χ3v) is 3.98. The Morgan fingerprint density at radius 2 is 1.67 bits per heavy atom. The molecule has 124 valence electrons. The largest absolute Gasteiger partial charge is 0.342 e. The third kappa shape index (κ3) is 3.75. The van der Waals surface area contributed by atoms with E-state index in [0.717, 1.165) is 17.2 Å². The highest BCUT2D eigenvalue weighted by atomic mass is 15.3. The van der Waals surface area contributed by atoms with Crippen LogP contribution in [0.1, 0.15) is 12.5 Å². The summed E-state index contributed by atoms with van der Waals surface area (Å²) in [5, 5.41) is 13.3. The van der Waals surface area contributed by atoms with Gasteiger partial charge in [0.15, 0.2) is 0 Å². The molecule has 0 saturated heterocycles. The van der Waals surface area contributed by atoms with Crippen molar-refractivity contribution in [1.29, 1.82) is 0 Å². The lowest BCUT2D eigenvalue weighted by molar-refractivity contribution is 0.490. The van der Waals surface area contributed by atoms with Crippen LogP contribution in [-0.2, 0) is 0 Å². The lowest BCUT2D eigenvalue weighted by Gasteiger charge is -2.30. The van der Waals surface area contributed by atoms with E-state index >= 15 is 0 Å². The van der Waals surface area contributed by atoms with Gasteiger partial charge in [-0.05, 0) is 50.7 Å².